The normalized spacial score (nSPS) is 11.3. The molecule has 1 N–H and O–H groups in total. The van der Waals surface area contributed by atoms with Crippen molar-refractivity contribution < 1.29 is 19.0 Å². The van der Waals surface area contributed by atoms with Gasteiger partial charge < -0.3 is 14.2 Å². The zero-order valence-electron chi connectivity index (χ0n) is 23.5. The van der Waals surface area contributed by atoms with Gasteiger partial charge in [0.15, 0.2) is 0 Å². The Morgan fingerprint density at radius 1 is 0.829 bits per heavy atom. The van der Waals surface area contributed by atoms with E-state index in [1.165, 1.54) is 9.13 Å². The number of nitrogens with one attached hydrogen (secondary N) is 1. The molecule has 5 aromatic rings. The first-order chi connectivity index (χ1) is 19.7. The average Bonchev–Trinajstić information content (AvgIpc) is 3.21. The third-order valence-electron chi connectivity index (χ3n) is 6.21. The predicted molar refractivity (Wildman–Crippen MR) is 158 cm³/mol. The lowest BCUT2D eigenvalue weighted by Crippen LogP contribution is -2.27. The molecule has 9 nitrogen and oxygen atoms in total. The number of ether oxygens (including phenoxy) is 3. The molecular formula is C32H32N4O5. The topological polar surface area (TPSA) is 96.6 Å². The van der Waals surface area contributed by atoms with Crippen LogP contribution in [0.4, 0.5) is 10.5 Å². The Morgan fingerprint density at radius 3 is 2.10 bits per heavy atom. The van der Waals surface area contributed by atoms with Gasteiger partial charge in [0.1, 0.15) is 24.5 Å². The number of rotatable bonds is 8. The number of hydrogen-bond donors (Lipinski definition) is 1. The number of hydrogen-bond acceptors (Lipinski definition) is 6. The Balaban J connectivity index is 1.54. The van der Waals surface area contributed by atoms with Crippen LogP contribution in [0.2, 0.25) is 0 Å². The molecule has 0 aliphatic heterocycles. The molecule has 1 amide bonds. The summed E-state index contributed by atoms with van der Waals surface area (Å²) in [6.07, 6.45) is -0.612. The number of nitrogens with zero attached hydrogens (tertiary/aromatic N) is 3. The predicted octanol–water partition coefficient (Wildman–Crippen LogP) is 6.23. The maximum absolute atomic E-state index is 13.6. The van der Waals surface area contributed by atoms with E-state index in [-0.39, 0.29) is 18.2 Å². The standard InChI is InChI=1S/C32H32N4O5/c1-32(2,3)41-30(37)33-24-16-11-17-25-28(24)35(4)31(38)36(25)26-18-19-27(39-20-22-12-7-5-8-13-22)34-29(26)40-21-23-14-9-6-10-15-23/h5-19H,20-21H2,1-4H3,(H,33,37). The molecule has 0 aliphatic carbocycles. The van der Waals surface area contributed by atoms with Crippen LogP contribution in [0, 0.1) is 0 Å². The van der Waals surface area contributed by atoms with E-state index < -0.39 is 11.7 Å². The Bertz CT molecular complexity index is 1720. The minimum Gasteiger partial charge on any atom is -0.473 e. The maximum Gasteiger partial charge on any atom is 0.412 e. The molecule has 41 heavy (non-hydrogen) atoms. The second kappa shape index (κ2) is 11.6. The van der Waals surface area contributed by atoms with Crippen molar-refractivity contribution in [1.82, 2.24) is 14.1 Å². The summed E-state index contributed by atoms with van der Waals surface area (Å²) in [4.78, 5) is 30.8. The molecule has 0 bridgehead atoms. The second-order valence-electron chi connectivity index (χ2n) is 10.5. The number of carbonyl (C=O) groups excluding carboxylic acids is 1. The molecule has 0 saturated heterocycles. The van der Waals surface area contributed by atoms with Crippen LogP contribution in [0.15, 0.2) is 95.8 Å². The molecule has 0 atom stereocenters. The second-order valence-corrected chi connectivity index (χ2v) is 10.5. The van der Waals surface area contributed by atoms with Gasteiger partial charge in [0.25, 0.3) is 0 Å². The van der Waals surface area contributed by atoms with E-state index in [1.807, 2.05) is 60.7 Å². The zero-order chi connectivity index (χ0) is 29.0. The van der Waals surface area contributed by atoms with Gasteiger partial charge in [-0.25, -0.2) is 9.59 Å². The zero-order valence-corrected chi connectivity index (χ0v) is 23.5. The summed E-state index contributed by atoms with van der Waals surface area (Å²) in [6.45, 7) is 5.94. The Morgan fingerprint density at radius 2 is 1.46 bits per heavy atom. The van der Waals surface area contributed by atoms with Crippen molar-refractivity contribution in [3.63, 3.8) is 0 Å². The van der Waals surface area contributed by atoms with Crippen molar-refractivity contribution in [1.29, 1.82) is 0 Å². The van der Waals surface area contributed by atoms with Gasteiger partial charge in [0.05, 0.1) is 16.7 Å². The summed E-state index contributed by atoms with van der Waals surface area (Å²) in [5.41, 5.74) is 2.93. The fourth-order valence-corrected chi connectivity index (χ4v) is 4.39. The van der Waals surface area contributed by atoms with Crippen molar-refractivity contribution in [2.24, 2.45) is 7.05 Å². The number of aryl methyl sites for hydroxylation is 1. The molecule has 5 rings (SSSR count). The van der Waals surface area contributed by atoms with E-state index in [0.29, 0.717) is 34.9 Å². The number of pyridine rings is 1. The third-order valence-corrected chi connectivity index (χ3v) is 6.21. The highest BCUT2D eigenvalue weighted by molar-refractivity contribution is 5.98. The summed E-state index contributed by atoms with van der Waals surface area (Å²) in [7, 11) is 1.65. The Labute approximate surface area is 237 Å². The summed E-state index contributed by atoms with van der Waals surface area (Å²) >= 11 is 0. The largest absolute Gasteiger partial charge is 0.473 e. The van der Waals surface area contributed by atoms with Crippen LogP contribution >= 0.6 is 0 Å². The Hall–Kier alpha value is -5.05. The first-order valence-electron chi connectivity index (χ1n) is 13.2. The minimum absolute atomic E-state index is 0.236. The number of benzene rings is 3. The van der Waals surface area contributed by atoms with Gasteiger partial charge in [-0.3, -0.25) is 14.5 Å². The minimum atomic E-state index is -0.670. The van der Waals surface area contributed by atoms with Crippen LogP contribution in [0.3, 0.4) is 0 Å². The summed E-state index contributed by atoms with van der Waals surface area (Å²) < 4.78 is 20.6. The number of para-hydroxylation sites is 1. The van der Waals surface area contributed by atoms with Crippen LogP contribution < -0.4 is 20.5 Å². The number of aromatic nitrogens is 3. The Kier molecular flexibility index (Phi) is 7.78. The lowest BCUT2D eigenvalue weighted by Gasteiger charge is -2.20. The molecule has 9 heteroatoms. The number of imidazole rings is 1. The highest BCUT2D eigenvalue weighted by Gasteiger charge is 2.22. The van der Waals surface area contributed by atoms with E-state index in [0.717, 1.165) is 11.1 Å². The number of fused-ring (bicyclic) bond motifs is 1. The number of carbonyl (C=O) groups is 1. The summed E-state index contributed by atoms with van der Waals surface area (Å²) in [5.74, 6) is 0.598. The lowest BCUT2D eigenvalue weighted by molar-refractivity contribution is 0.0636. The van der Waals surface area contributed by atoms with E-state index in [2.05, 4.69) is 10.3 Å². The molecule has 0 fully saturated rings. The average molecular weight is 553 g/mol. The van der Waals surface area contributed by atoms with Gasteiger partial charge in [-0.1, -0.05) is 66.7 Å². The summed E-state index contributed by atoms with van der Waals surface area (Å²) in [5, 5.41) is 2.78. The monoisotopic (exact) mass is 552 g/mol. The van der Waals surface area contributed by atoms with Gasteiger partial charge in [-0.05, 0) is 50.1 Å². The fraction of sp³-hybridized carbons (Fsp3) is 0.219. The highest BCUT2D eigenvalue weighted by Crippen LogP contribution is 2.30. The van der Waals surface area contributed by atoms with Crippen LogP contribution in [-0.2, 0) is 25.0 Å². The molecule has 0 saturated carbocycles. The quantitative estimate of drug-likeness (QED) is 0.245. The smallest absolute Gasteiger partial charge is 0.412 e. The first-order valence-corrected chi connectivity index (χ1v) is 13.2. The number of amides is 1. The van der Waals surface area contributed by atoms with Crippen molar-refractivity contribution in [3.8, 4) is 17.4 Å². The lowest BCUT2D eigenvalue weighted by atomic mass is 10.2. The molecule has 2 aromatic heterocycles. The van der Waals surface area contributed by atoms with Gasteiger partial charge in [0, 0.05) is 13.1 Å². The van der Waals surface area contributed by atoms with E-state index in [1.54, 1.807) is 58.2 Å². The molecule has 3 aromatic carbocycles. The fourth-order valence-electron chi connectivity index (χ4n) is 4.39. The van der Waals surface area contributed by atoms with Crippen LogP contribution in [0.5, 0.6) is 11.8 Å². The van der Waals surface area contributed by atoms with Gasteiger partial charge >= 0.3 is 11.8 Å². The molecular weight excluding hydrogens is 520 g/mol. The van der Waals surface area contributed by atoms with Crippen LogP contribution in [0.25, 0.3) is 16.7 Å². The van der Waals surface area contributed by atoms with Crippen molar-refractivity contribution in [2.45, 2.75) is 39.6 Å². The van der Waals surface area contributed by atoms with E-state index >= 15 is 0 Å². The molecule has 0 spiro atoms. The van der Waals surface area contributed by atoms with Gasteiger partial charge in [-0.15, -0.1) is 0 Å². The highest BCUT2D eigenvalue weighted by atomic mass is 16.6. The SMILES string of the molecule is Cn1c(=O)n(-c2ccc(OCc3ccccc3)nc2OCc2ccccc2)c2cccc(NC(=O)OC(C)(C)C)c21. The molecule has 0 unspecified atom stereocenters. The molecule has 0 radical (unpaired) electrons. The van der Waals surface area contributed by atoms with Gasteiger partial charge in [-0.2, -0.15) is 4.98 Å². The third kappa shape index (κ3) is 6.41. The van der Waals surface area contributed by atoms with Crippen LogP contribution in [0.1, 0.15) is 31.9 Å². The molecule has 2 heterocycles. The van der Waals surface area contributed by atoms with E-state index in [4.69, 9.17) is 14.2 Å². The van der Waals surface area contributed by atoms with Gasteiger partial charge in [0.2, 0.25) is 11.8 Å². The maximum atomic E-state index is 13.6. The summed E-state index contributed by atoms with van der Waals surface area (Å²) in [6, 6.07) is 28.2. The molecule has 210 valence electrons. The first kappa shape index (κ1) is 27.5. The van der Waals surface area contributed by atoms with Crippen molar-refractivity contribution in [3.05, 3.63) is 113 Å². The number of anilines is 1. The van der Waals surface area contributed by atoms with Crippen LogP contribution in [-0.4, -0.2) is 25.8 Å². The molecule has 0 aliphatic rings. The van der Waals surface area contributed by atoms with E-state index in [9.17, 15) is 9.59 Å². The van der Waals surface area contributed by atoms with Crippen molar-refractivity contribution in [2.75, 3.05) is 5.32 Å². The van der Waals surface area contributed by atoms with Crippen molar-refractivity contribution >= 4 is 22.8 Å².